The Morgan fingerprint density at radius 2 is 2.11 bits per heavy atom. The molecule has 1 aliphatic rings. The van der Waals surface area contributed by atoms with Crippen molar-refractivity contribution in [3.63, 3.8) is 0 Å². The number of anilines is 2. The fourth-order valence-corrected chi connectivity index (χ4v) is 4.27. The van der Waals surface area contributed by atoms with Crippen LogP contribution in [0, 0.1) is 5.82 Å². The van der Waals surface area contributed by atoms with Crippen molar-refractivity contribution >= 4 is 22.8 Å². The summed E-state index contributed by atoms with van der Waals surface area (Å²) in [5.41, 5.74) is 9.49. The maximum Gasteiger partial charge on any atom is 0.138 e. The van der Waals surface area contributed by atoms with Crippen molar-refractivity contribution in [2.45, 2.75) is 25.3 Å². The largest absolute Gasteiger partial charge is 0.398 e. The lowest BCUT2D eigenvalue weighted by Gasteiger charge is -2.25. The normalized spacial score (nSPS) is 17.0. The summed E-state index contributed by atoms with van der Waals surface area (Å²) < 4.78 is 14.4. The van der Waals surface area contributed by atoms with Crippen LogP contribution in [-0.4, -0.2) is 23.1 Å². The molecule has 0 spiro atoms. The van der Waals surface area contributed by atoms with Crippen molar-refractivity contribution < 1.29 is 4.39 Å². The molecule has 0 aliphatic carbocycles. The van der Waals surface area contributed by atoms with Crippen LogP contribution in [0.3, 0.4) is 0 Å². The zero-order chi connectivity index (χ0) is 18.6. The topological polar surface area (TPSA) is 75.9 Å². The second kappa shape index (κ2) is 8.02. The number of benzene rings is 1. The number of thiazole rings is 1. The molecule has 140 valence electrons. The molecule has 1 aromatic carbocycles. The van der Waals surface area contributed by atoms with Gasteiger partial charge in [-0.25, -0.2) is 9.37 Å². The monoisotopic (exact) mass is 383 g/mol. The second-order valence-corrected chi connectivity index (χ2v) is 7.56. The Morgan fingerprint density at radius 1 is 1.26 bits per heavy atom. The first-order valence-corrected chi connectivity index (χ1v) is 9.97. The molecule has 2 aromatic heterocycles. The highest BCUT2D eigenvalue weighted by molar-refractivity contribution is 7.13. The van der Waals surface area contributed by atoms with Gasteiger partial charge in [-0.15, -0.1) is 11.3 Å². The molecule has 5 nitrogen and oxygen atoms in total. The molecule has 1 fully saturated rings. The Kier molecular flexibility index (Phi) is 5.31. The van der Waals surface area contributed by atoms with Crippen molar-refractivity contribution in [2.75, 3.05) is 24.1 Å². The molecule has 1 atom stereocenters. The Bertz CT molecular complexity index is 906. The van der Waals surface area contributed by atoms with Gasteiger partial charge in [0.2, 0.25) is 0 Å². The summed E-state index contributed by atoms with van der Waals surface area (Å²) in [6.45, 7) is 2.28. The first kappa shape index (κ1) is 17.9. The zero-order valence-electron chi connectivity index (χ0n) is 14.9. The third-order valence-corrected chi connectivity index (χ3v) is 5.81. The molecule has 1 unspecified atom stereocenters. The molecule has 1 aliphatic heterocycles. The highest BCUT2D eigenvalue weighted by Crippen LogP contribution is 2.33. The minimum Gasteiger partial charge on any atom is -0.398 e. The van der Waals surface area contributed by atoms with Crippen molar-refractivity contribution in [3.05, 3.63) is 59.0 Å². The number of nitrogens with one attached hydrogen (secondary N) is 2. The summed E-state index contributed by atoms with van der Waals surface area (Å²) in [5, 5.41) is 9.54. The summed E-state index contributed by atoms with van der Waals surface area (Å²) >= 11 is 1.57. The Hall–Kier alpha value is -2.51. The molecule has 0 amide bonds. The van der Waals surface area contributed by atoms with Crippen LogP contribution in [-0.2, 0) is 6.54 Å². The second-order valence-electron chi connectivity index (χ2n) is 6.70. The van der Waals surface area contributed by atoms with E-state index >= 15 is 0 Å². The quantitative estimate of drug-likeness (QED) is 0.581. The van der Waals surface area contributed by atoms with Gasteiger partial charge in [0, 0.05) is 53.6 Å². The van der Waals surface area contributed by atoms with E-state index in [1.165, 1.54) is 6.07 Å². The number of nitrogens with zero attached hydrogens (tertiary/aromatic N) is 2. The standard InChI is InChI=1S/C20H22FN5S/c21-16-4-3-15(19(22)18(16)14-2-1-7-24-10-14)11-25-17-12-27-20(26-17)13-5-8-23-9-6-13/h3-6,8-9,12,14,24-25H,1-2,7,10-11,22H2. The Labute approximate surface area is 161 Å². The first-order valence-electron chi connectivity index (χ1n) is 9.09. The number of hydrogen-bond donors (Lipinski definition) is 3. The number of nitrogen functional groups attached to an aromatic ring is 1. The molecule has 4 rings (SSSR count). The third kappa shape index (κ3) is 3.94. The molecule has 7 heteroatoms. The fourth-order valence-electron chi connectivity index (χ4n) is 3.49. The van der Waals surface area contributed by atoms with Crippen LogP contribution in [0.2, 0.25) is 0 Å². The van der Waals surface area contributed by atoms with Gasteiger partial charge in [-0.3, -0.25) is 4.98 Å². The molecule has 27 heavy (non-hydrogen) atoms. The summed E-state index contributed by atoms with van der Waals surface area (Å²) in [6.07, 6.45) is 5.52. The van der Waals surface area contributed by atoms with E-state index in [2.05, 4.69) is 20.6 Å². The van der Waals surface area contributed by atoms with Gasteiger partial charge in [0.05, 0.1) is 0 Å². The van der Waals surface area contributed by atoms with Gasteiger partial charge in [0.25, 0.3) is 0 Å². The maximum atomic E-state index is 14.4. The number of pyridine rings is 1. The van der Waals surface area contributed by atoms with Crippen LogP contribution in [0.15, 0.2) is 42.0 Å². The molecule has 0 saturated carbocycles. The van der Waals surface area contributed by atoms with Crippen molar-refractivity contribution in [1.82, 2.24) is 15.3 Å². The lowest BCUT2D eigenvalue weighted by Crippen LogP contribution is -2.29. The van der Waals surface area contributed by atoms with Crippen molar-refractivity contribution in [1.29, 1.82) is 0 Å². The van der Waals surface area contributed by atoms with E-state index in [4.69, 9.17) is 5.73 Å². The zero-order valence-corrected chi connectivity index (χ0v) is 15.7. The predicted octanol–water partition coefficient (Wildman–Crippen LogP) is 4.01. The predicted molar refractivity (Wildman–Crippen MR) is 108 cm³/mol. The smallest absolute Gasteiger partial charge is 0.138 e. The average Bonchev–Trinajstić information content (AvgIpc) is 3.18. The summed E-state index contributed by atoms with van der Waals surface area (Å²) in [5.74, 6) is 0.714. The van der Waals surface area contributed by atoms with E-state index < -0.39 is 0 Å². The van der Waals surface area contributed by atoms with Crippen LogP contribution in [0.1, 0.15) is 29.9 Å². The number of piperidine rings is 1. The van der Waals surface area contributed by atoms with E-state index in [-0.39, 0.29) is 11.7 Å². The number of rotatable bonds is 5. The van der Waals surface area contributed by atoms with Gasteiger partial charge in [-0.05, 0) is 43.1 Å². The minimum absolute atomic E-state index is 0.135. The first-order chi connectivity index (χ1) is 13.2. The molecule has 3 heterocycles. The van der Waals surface area contributed by atoms with Gasteiger partial charge < -0.3 is 16.4 Å². The number of nitrogens with two attached hydrogens (primary N) is 1. The molecule has 4 N–H and O–H groups in total. The Balaban J connectivity index is 1.49. The average molecular weight is 383 g/mol. The molecular weight excluding hydrogens is 361 g/mol. The SMILES string of the molecule is Nc1c(CNc2csc(-c3ccncc3)n2)ccc(F)c1C1CCCNC1. The van der Waals surface area contributed by atoms with E-state index in [0.29, 0.717) is 17.8 Å². The number of halogens is 1. The van der Waals surface area contributed by atoms with Crippen molar-refractivity contribution in [2.24, 2.45) is 0 Å². The number of aromatic nitrogens is 2. The Morgan fingerprint density at radius 3 is 2.89 bits per heavy atom. The lowest BCUT2D eigenvalue weighted by molar-refractivity contribution is 0.447. The number of hydrogen-bond acceptors (Lipinski definition) is 6. The van der Waals surface area contributed by atoms with Crippen LogP contribution in [0.4, 0.5) is 15.9 Å². The highest BCUT2D eigenvalue weighted by atomic mass is 32.1. The highest BCUT2D eigenvalue weighted by Gasteiger charge is 2.22. The molecule has 0 bridgehead atoms. The molecule has 3 aromatic rings. The maximum absolute atomic E-state index is 14.4. The van der Waals surface area contributed by atoms with Crippen molar-refractivity contribution in [3.8, 4) is 10.6 Å². The minimum atomic E-state index is -0.210. The van der Waals surface area contributed by atoms with E-state index in [1.807, 2.05) is 17.5 Å². The van der Waals surface area contributed by atoms with Crippen LogP contribution < -0.4 is 16.4 Å². The van der Waals surface area contributed by atoms with Gasteiger partial charge in [0.1, 0.15) is 16.6 Å². The van der Waals surface area contributed by atoms with Gasteiger partial charge in [-0.2, -0.15) is 0 Å². The molecule has 0 radical (unpaired) electrons. The van der Waals surface area contributed by atoms with E-state index in [0.717, 1.165) is 47.9 Å². The van der Waals surface area contributed by atoms with Crippen LogP contribution >= 0.6 is 11.3 Å². The molecule has 1 saturated heterocycles. The van der Waals surface area contributed by atoms with Crippen LogP contribution in [0.5, 0.6) is 0 Å². The fraction of sp³-hybridized carbons (Fsp3) is 0.300. The van der Waals surface area contributed by atoms with Crippen LogP contribution in [0.25, 0.3) is 10.6 Å². The van der Waals surface area contributed by atoms with Gasteiger partial charge >= 0.3 is 0 Å². The summed E-state index contributed by atoms with van der Waals surface area (Å²) in [6, 6.07) is 7.16. The van der Waals surface area contributed by atoms with E-state index in [9.17, 15) is 4.39 Å². The summed E-state index contributed by atoms with van der Waals surface area (Å²) in [7, 11) is 0. The molecular formula is C20H22FN5S. The van der Waals surface area contributed by atoms with Gasteiger partial charge in [0.15, 0.2) is 0 Å². The summed E-state index contributed by atoms with van der Waals surface area (Å²) in [4.78, 5) is 8.64. The van der Waals surface area contributed by atoms with E-state index in [1.54, 1.807) is 29.8 Å². The third-order valence-electron chi connectivity index (χ3n) is 4.92. The lowest BCUT2D eigenvalue weighted by atomic mass is 9.88. The van der Waals surface area contributed by atoms with Gasteiger partial charge in [-0.1, -0.05) is 6.07 Å².